The van der Waals surface area contributed by atoms with E-state index in [0.717, 1.165) is 0 Å². The summed E-state index contributed by atoms with van der Waals surface area (Å²) >= 11 is 0. The number of carbonyl (C=O) groups is 2. The Bertz CT molecular complexity index is 684. The van der Waals surface area contributed by atoms with Gasteiger partial charge < -0.3 is 25.0 Å². The summed E-state index contributed by atoms with van der Waals surface area (Å²) in [6.07, 6.45) is 0. The van der Waals surface area contributed by atoms with Gasteiger partial charge in [-0.3, -0.25) is 9.59 Å². The van der Waals surface area contributed by atoms with Crippen LogP contribution in [0.5, 0.6) is 5.75 Å². The molecular formula is C16H20N2O6. The summed E-state index contributed by atoms with van der Waals surface area (Å²) in [4.78, 5) is 29.3. The molecule has 0 saturated carbocycles. The van der Waals surface area contributed by atoms with E-state index in [2.05, 4.69) is 10.3 Å². The van der Waals surface area contributed by atoms with E-state index in [0.29, 0.717) is 0 Å². The number of ketones is 1. The number of nitrogens with zero attached hydrogens (tertiary/aromatic N) is 1. The zero-order chi connectivity index (χ0) is 18.1. The van der Waals surface area contributed by atoms with Gasteiger partial charge in [-0.05, 0) is 24.3 Å². The van der Waals surface area contributed by atoms with Gasteiger partial charge in [0, 0.05) is 18.6 Å². The van der Waals surface area contributed by atoms with Crippen LogP contribution in [0.4, 0.5) is 0 Å². The molecule has 0 aromatic heterocycles. The molecule has 0 spiro atoms. The summed E-state index contributed by atoms with van der Waals surface area (Å²) in [6.45, 7) is 3.43. The van der Waals surface area contributed by atoms with Crippen molar-refractivity contribution >= 4 is 17.6 Å². The van der Waals surface area contributed by atoms with Crippen molar-refractivity contribution in [2.24, 2.45) is 10.9 Å². The molecule has 0 radical (unpaired) electrons. The fraction of sp³-hybridized carbons (Fsp3) is 0.438. The number of hydrogen-bond donors (Lipinski definition) is 3. The molecule has 130 valence electrons. The van der Waals surface area contributed by atoms with Gasteiger partial charge in [-0.15, -0.1) is 0 Å². The predicted molar refractivity (Wildman–Crippen MR) is 84.6 cm³/mol. The quantitative estimate of drug-likeness (QED) is 0.687. The lowest BCUT2D eigenvalue weighted by molar-refractivity contribution is -0.155. The lowest BCUT2D eigenvalue weighted by Crippen LogP contribution is -2.70. The van der Waals surface area contributed by atoms with Crippen molar-refractivity contribution in [3.05, 3.63) is 29.8 Å². The van der Waals surface area contributed by atoms with E-state index in [9.17, 15) is 19.8 Å². The van der Waals surface area contributed by atoms with Gasteiger partial charge in [-0.1, -0.05) is 13.8 Å². The van der Waals surface area contributed by atoms with Crippen LogP contribution in [0.2, 0.25) is 0 Å². The summed E-state index contributed by atoms with van der Waals surface area (Å²) in [6, 6.07) is 5.21. The molecule has 2 atom stereocenters. The fourth-order valence-corrected chi connectivity index (χ4v) is 2.52. The molecule has 1 amide bonds. The number of rotatable bonds is 4. The van der Waals surface area contributed by atoms with Crippen molar-refractivity contribution in [2.75, 3.05) is 14.2 Å². The number of hydrogen-bond acceptors (Lipinski definition) is 7. The number of aromatic hydroxyl groups is 1. The van der Waals surface area contributed by atoms with Crippen LogP contribution in [0.25, 0.3) is 0 Å². The summed E-state index contributed by atoms with van der Waals surface area (Å²) in [5.74, 6) is -2.39. The monoisotopic (exact) mass is 336 g/mol. The first kappa shape index (κ1) is 17.9. The lowest BCUT2D eigenvalue weighted by Gasteiger charge is -2.40. The second-order valence-corrected chi connectivity index (χ2v) is 5.72. The zero-order valence-electron chi connectivity index (χ0n) is 13.9. The molecule has 0 saturated heterocycles. The van der Waals surface area contributed by atoms with E-state index < -0.39 is 23.1 Å². The Labute approximate surface area is 139 Å². The third-order valence-electron chi connectivity index (χ3n) is 3.94. The first-order valence-electron chi connectivity index (χ1n) is 7.29. The minimum atomic E-state index is -2.46. The van der Waals surface area contributed by atoms with E-state index in [1.165, 1.54) is 38.5 Å². The third kappa shape index (κ3) is 2.63. The summed E-state index contributed by atoms with van der Waals surface area (Å²) in [7, 11) is 2.54. The molecule has 1 heterocycles. The minimum absolute atomic E-state index is 0.0370. The summed E-state index contributed by atoms with van der Waals surface area (Å²) in [5, 5.41) is 22.3. The highest BCUT2D eigenvalue weighted by molar-refractivity contribution is 6.20. The van der Waals surface area contributed by atoms with Crippen molar-refractivity contribution in [3.63, 3.8) is 0 Å². The number of aliphatic hydroxyl groups is 1. The Kier molecular flexibility index (Phi) is 4.63. The number of methoxy groups -OCH3 is 2. The molecule has 1 aliphatic rings. The Morgan fingerprint density at radius 2 is 1.83 bits per heavy atom. The van der Waals surface area contributed by atoms with E-state index >= 15 is 0 Å². The molecule has 8 nitrogen and oxygen atoms in total. The van der Waals surface area contributed by atoms with Crippen molar-refractivity contribution in [1.82, 2.24) is 5.32 Å². The van der Waals surface area contributed by atoms with E-state index in [1.807, 2.05) is 0 Å². The molecule has 0 fully saturated rings. The second-order valence-electron chi connectivity index (χ2n) is 5.72. The number of nitrogens with one attached hydrogen (secondary N) is 1. The molecular weight excluding hydrogens is 316 g/mol. The van der Waals surface area contributed by atoms with E-state index in [4.69, 9.17) is 9.47 Å². The highest BCUT2D eigenvalue weighted by Gasteiger charge is 2.56. The minimum Gasteiger partial charge on any atom is -0.508 e. The van der Waals surface area contributed by atoms with Gasteiger partial charge in [0.2, 0.25) is 17.4 Å². The van der Waals surface area contributed by atoms with Crippen LogP contribution in [0.15, 0.2) is 29.3 Å². The van der Waals surface area contributed by atoms with Crippen LogP contribution in [0.1, 0.15) is 24.2 Å². The summed E-state index contributed by atoms with van der Waals surface area (Å²) in [5.41, 5.74) is -4.00. The average molecular weight is 336 g/mol. The molecule has 0 bridgehead atoms. The number of benzene rings is 1. The van der Waals surface area contributed by atoms with Crippen LogP contribution in [0.3, 0.4) is 0 Å². The number of carbonyl (C=O) groups excluding carboxylic acids is 2. The Hall–Kier alpha value is -2.45. The molecule has 2 rings (SSSR count). The number of phenolic OH excluding ortho intramolecular Hbond substituents is 1. The topological polar surface area (TPSA) is 117 Å². The normalized spacial score (nSPS) is 26.8. The SMILES string of the molecule is COC1=NC(OC)(C(C)C)C(=O)NC1(O)C(=O)c1ccc(O)cc1. The molecule has 1 aromatic carbocycles. The standard InChI is InChI=1S/C16H20N2O6/c1-9(2)16(24-4)13(21)17-15(22,14(18-16)23-3)12(20)10-5-7-11(19)8-6-10/h5-9,19,22H,1-4H3,(H,17,21). The van der Waals surface area contributed by atoms with Crippen LogP contribution in [-0.2, 0) is 14.3 Å². The van der Waals surface area contributed by atoms with Gasteiger partial charge in [0.15, 0.2) is 0 Å². The number of amides is 1. The smallest absolute Gasteiger partial charge is 0.281 e. The maximum absolute atomic E-state index is 12.7. The Balaban J connectivity index is 2.53. The van der Waals surface area contributed by atoms with Crippen molar-refractivity contribution in [2.45, 2.75) is 25.3 Å². The molecule has 1 aromatic rings. The maximum atomic E-state index is 12.7. The van der Waals surface area contributed by atoms with Crippen LogP contribution >= 0.6 is 0 Å². The molecule has 2 unspecified atom stereocenters. The second kappa shape index (κ2) is 6.21. The van der Waals surface area contributed by atoms with Crippen LogP contribution < -0.4 is 5.32 Å². The molecule has 0 aliphatic carbocycles. The molecule has 8 heteroatoms. The van der Waals surface area contributed by atoms with Gasteiger partial charge in [0.05, 0.1) is 7.11 Å². The number of ether oxygens (including phenoxy) is 2. The van der Waals surface area contributed by atoms with Crippen LogP contribution in [-0.4, -0.2) is 53.5 Å². The number of phenols is 1. The maximum Gasteiger partial charge on any atom is 0.281 e. The van der Waals surface area contributed by atoms with Gasteiger partial charge in [0.25, 0.3) is 11.6 Å². The van der Waals surface area contributed by atoms with Crippen molar-refractivity contribution < 1.29 is 29.3 Å². The average Bonchev–Trinajstić information content (AvgIpc) is 2.55. The fourth-order valence-electron chi connectivity index (χ4n) is 2.52. The van der Waals surface area contributed by atoms with Gasteiger partial charge in [0.1, 0.15) is 5.75 Å². The van der Waals surface area contributed by atoms with Crippen LogP contribution in [0, 0.1) is 5.92 Å². The Morgan fingerprint density at radius 3 is 2.29 bits per heavy atom. The predicted octanol–water partition coefficient (Wildman–Crippen LogP) is 0.437. The molecule has 3 N–H and O–H groups in total. The number of Topliss-reactive ketones (excluding diaryl/α,β-unsaturated/α-hetero) is 1. The third-order valence-corrected chi connectivity index (χ3v) is 3.94. The molecule has 1 aliphatic heterocycles. The van der Waals surface area contributed by atoms with Crippen molar-refractivity contribution in [1.29, 1.82) is 0 Å². The largest absolute Gasteiger partial charge is 0.508 e. The summed E-state index contributed by atoms with van der Waals surface area (Å²) < 4.78 is 10.3. The van der Waals surface area contributed by atoms with Gasteiger partial charge in [-0.25, -0.2) is 4.99 Å². The first-order chi connectivity index (χ1) is 11.2. The highest BCUT2D eigenvalue weighted by atomic mass is 16.5. The Morgan fingerprint density at radius 1 is 1.25 bits per heavy atom. The van der Waals surface area contributed by atoms with Gasteiger partial charge in [-0.2, -0.15) is 0 Å². The van der Waals surface area contributed by atoms with E-state index in [1.54, 1.807) is 13.8 Å². The zero-order valence-corrected chi connectivity index (χ0v) is 13.9. The van der Waals surface area contributed by atoms with Crippen molar-refractivity contribution in [3.8, 4) is 5.75 Å². The first-order valence-corrected chi connectivity index (χ1v) is 7.29. The van der Waals surface area contributed by atoms with E-state index in [-0.39, 0.29) is 23.1 Å². The number of aliphatic imine (C=N–C) groups is 1. The highest BCUT2D eigenvalue weighted by Crippen LogP contribution is 2.31. The molecule has 24 heavy (non-hydrogen) atoms. The lowest BCUT2D eigenvalue weighted by atomic mass is 9.92. The van der Waals surface area contributed by atoms with Gasteiger partial charge >= 0.3 is 0 Å².